The van der Waals surface area contributed by atoms with Crippen LogP contribution in [0, 0.1) is 5.92 Å². The molecule has 7 heteroatoms. The van der Waals surface area contributed by atoms with E-state index in [1.54, 1.807) is 11.8 Å². The van der Waals surface area contributed by atoms with E-state index in [1.807, 2.05) is 28.1 Å². The topological polar surface area (TPSA) is 82.4 Å². The fraction of sp³-hybridized carbons (Fsp3) is 0.394. The van der Waals surface area contributed by atoms with Gasteiger partial charge in [-0.15, -0.1) is 11.8 Å². The van der Waals surface area contributed by atoms with Crippen molar-refractivity contribution >= 4 is 45.3 Å². The summed E-state index contributed by atoms with van der Waals surface area (Å²) in [5.74, 6) is 1.07. The summed E-state index contributed by atoms with van der Waals surface area (Å²) >= 11 is 1.70. The van der Waals surface area contributed by atoms with E-state index in [2.05, 4.69) is 59.6 Å². The molecule has 0 unspecified atom stereocenters. The van der Waals surface area contributed by atoms with Gasteiger partial charge in [-0.3, -0.25) is 9.59 Å². The average Bonchev–Trinajstić information content (AvgIpc) is 3.41. The van der Waals surface area contributed by atoms with Crippen molar-refractivity contribution in [1.29, 1.82) is 0 Å². The first kappa shape index (κ1) is 26.9. The fourth-order valence-corrected chi connectivity index (χ4v) is 7.82. The molecule has 4 aromatic rings. The van der Waals surface area contributed by atoms with E-state index in [4.69, 9.17) is 5.73 Å². The lowest BCUT2D eigenvalue weighted by molar-refractivity contribution is -0.150. The number of piperidine rings is 1. The number of aromatic amines is 1. The van der Waals surface area contributed by atoms with Gasteiger partial charge in [0.05, 0.1) is 5.25 Å². The molecule has 1 aromatic heterocycles. The zero-order chi connectivity index (χ0) is 27.5. The molecule has 208 valence electrons. The molecular weight excluding hydrogens is 516 g/mol. The molecule has 6 rings (SSSR count). The molecule has 0 spiro atoms. The van der Waals surface area contributed by atoms with Crippen LogP contribution in [0.2, 0.25) is 0 Å². The summed E-state index contributed by atoms with van der Waals surface area (Å²) in [6.07, 6.45) is 6.33. The van der Waals surface area contributed by atoms with Crippen molar-refractivity contribution in [3.8, 4) is 0 Å². The summed E-state index contributed by atoms with van der Waals surface area (Å²) in [4.78, 5) is 36.0. The lowest BCUT2D eigenvalue weighted by Crippen LogP contribution is -2.58. The molecular formula is C33H38N4O2S. The number of thioether (sulfide) groups is 1. The first-order valence-corrected chi connectivity index (χ1v) is 15.6. The van der Waals surface area contributed by atoms with Crippen molar-refractivity contribution in [2.45, 2.75) is 49.9 Å². The number of nitrogens with two attached hydrogens (primary N) is 1. The first-order chi connectivity index (χ1) is 19.6. The van der Waals surface area contributed by atoms with Crippen LogP contribution in [0.15, 0.2) is 72.9 Å². The van der Waals surface area contributed by atoms with Gasteiger partial charge >= 0.3 is 0 Å². The second kappa shape index (κ2) is 12.1. The Morgan fingerprint density at radius 3 is 2.58 bits per heavy atom. The Morgan fingerprint density at radius 2 is 1.70 bits per heavy atom. The third kappa shape index (κ3) is 5.37. The smallest absolute Gasteiger partial charge is 0.245 e. The minimum absolute atomic E-state index is 0.0938. The summed E-state index contributed by atoms with van der Waals surface area (Å²) in [5.41, 5.74) is 9.30. The van der Waals surface area contributed by atoms with Crippen LogP contribution >= 0.6 is 11.8 Å². The quantitative estimate of drug-likeness (QED) is 0.323. The monoisotopic (exact) mass is 554 g/mol. The third-order valence-corrected chi connectivity index (χ3v) is 9.85. The maximum atomic E-state index is 14.4. The highest BCUT2D eigenvalue weighted by Gasteiger charge is 2.43. The van der Waals surface area contributed by atoms with E-state index in [-0.39, 0.29) is 23.0 Å². The molecule has 2 amide bonds. The Kier molecular flexibility index (Phi) is 8.12. The van der Waals surface area contributed by atoms with Crippen LogP contribution in [-0.2, 0) is 22.6 Å². The number of fused-ring (bicyclic) bond motifs is 3. The van der Waals surface area contributed by atoms with Crippen molar-refractivity contribution in [1.82, 2.24) is 14.8 Å². The Labute approximate surface area is 240 Å². The predicted molar refractivity (Wildman–Crippen MR) is 164 cm³/mol. The van der Waals surface area contributed by atoms with E-state index in [9.17, 15) is 9.59 Å². The Morgan fingerprint density at radius 1 is 0.900 bits per heavy atom. The largest absolute Gasteiger partial charge is 0.361 e. The number of carbonyl (C=O) groups is 2. The van der Waals surface area contributed by atoms with E-state index in [1.165, 1.54) is 16.2 Å². The van der Waals surface area contributed by atoms with Crippen LogP contribution in [-0.4, -0.2) is 63.3 Å². The number of rotatable bonds is 7. The molecule has 3 aromatic carbocycles. The summed E-state index contributed by atoms with van der Waals surface area (Å²) in [5, 5.41) is 3.31. The van der Waals surface area contributed by atoms with Gasteiger partial charge in [0.1, 0.15) is 6.04 Å². The molecule has 2 fully saturated rings. The second-order valence-electron chi connectivity index (χ2n) is 11.1. The molecule has 40 heavy (non-hydrogen) atoms. The number of para-hydroxylation sites is 1. The first-order valence-electron chi connectivity index (χ1n) is 14.6. The molecule has 0 aliphatic carbocycles. The number of H-pyrrole nitrogens is 1. The number of aromatic nitrogens is 1. The summed E-state index contributed by atoms with van der Waals surface area (Å²) in [6, 6.07) is 22.5. The zero-order valence-electron chi connectivity index (χ0n) is 22.9. The van der Waals surface area contributed by atoms with Gasteiger partial charge in [0.2, 0.25) is 11.8 Å². The molecule has 0 bridgehead atoms. The van der Waals surface area contributed by atoms with Crippen molar-refractivity contribution in [3.63, 3.8) is 0 Å². The zero-order valence-corrected chi connectivity index (χ0v) is 23.7. The maximum Gasteiger partial charge on any atom is 0.245 e. The molecule has 3 heterocycles. The SMILES string of the molecule is NCCC[C@H]1CCCN2C(=O)[C@@H](Cc3c[nH]c4ccccc34)SCCN(Cc3cccc4ccccc34)C(=O)[C@@H]12. The van der Waals surface area contributed by atoms with Gasteiger partial charge in [0.15, 0.2) is 0 Å². The Bertz CT molecular complexity index is 1490. The van der Waals surface area contributed by atoms with Crippen molar-refractivity contribution in [3.05, 3.63) is 84.1 Å². The average molecular weight is 555 g/mol. The number of hydrogen-bond donors (Lipinski definition) is 2. The summed E-state index contributed by atoms with van der Waals surface area (Å²) in [7, 11) is 0. The molecule has 2 saturated heterocycles. The number of benzene rings is 3. The van der Waals surface area contributed by atoms with Gasteiger partial charge < -0.3 is 20.5 Å². The van der Waals surface area contributed by atoms with E-state index in [0.29, 0.717) is 32.6 Å². The minimum Gasteiger partial charge on any atom is -0.361 e. The highest BCUT2D eigenvalue weighted by molar-refractivity contribution is 8.00. The molecule has 0 saturated carbocycles. The van der Waals surface area contributed by atoms with Crippen LogP contribution in [0.25, 0.3) is 21.7 Å². The molecule has 3 N–H and O–H groups in total. The Hall–Kier alpha value is -3.29. The normalized spacial score (nSPS) is 22.3. The lowest BCUT2D eigenvalue weighted by Gasteiger charge is -2.43. The standard InChI is InChI=1S/C33H38N4O2S/c34-16-6-11-24-12-7-17-37-31(24)33(39)36(22-25-10-5-9-23-8-1-2-13-27(23)25)18-19-40-30(32(37)38)20-26-21-35-29-15-4-3-14-28(26)29/h1-5,8-10,13-15,21,24,30-31,35H,6-7,11-12,16-20,22,34H2/t24-,30+,31+/m0/s1. The maximum absolute atomic E-state index is 14.4. The van der Waals surface area contributed by atoms with Crippen molar-refractivity contribution in [2.24, 2.45) is 11.7 Å². The van der Waals surface area contributed by atoms with Crippen LogP contribution in [0.3, 0.4) is 0 Å². The van der Waals surface area contributed by atoms with Crippen LogP contribution in [0.4, 0.5) is 0 Å². The van der Waals surface area contributed by atoms with Gasteiger partial charge in [-0.2, -0.15) is 0 Å². The fourth-order valence-electron chi connectivity index (χ4n) is 6.64. The summed E-state index contributed by atoms with van der Waals surface area (Å²) in [6.45, 7) is 2.42. The number of nitrogens with zero attached hydrogens (tertiary/aromatic N) is 2. The molecule has 2 aliphatic heterocycles. The van der Waals surface area contributed by atoms with Crippen LogP contribution in [0.1, 0.15) is 36.8 Å². The lowest BCUT2D eigenvalue weighted by atomic mass is 9.84. The number of carbonyl (C=O) groups excluding carboxylic acids is 2. The van der Waals surface area contributed by atoms with E-state index < -0.39 is 6.04 Å². The Balaban J connectivity index is 1.33. The minimum atomic E-state index is -0.424. The van der Waals surface area contributed by atoms with E-state index in [0.717, 1.165) is 48.1 Å². The van der Waals surface area contributed by atoms with Crippen molar-refractivity contribution < 1.29 is 9.59 Å². The van der Waals surface area contributed by atoms with Gasteiger partial charge in [-0.25, -0.2) is 0 Å². The van der Waals surface area contributed by atoms with Gasteiger partial charge in [0.25, 0.3) is 0 Å². The number of hydrogen-bond acceptors (Lipinski definition) is 4. The van der Waals surface area contributed by atoms with Crippen LogP contribution in [0.5, 0.6) is 0 Å². The molecule has 0 radical (unpaired) electrons. The second-order valence-corrected chi connectivity index (χ2v) is 12.4. The van der Waals surface area contributed by atoms with Crippen molar-refractivity contribution in [2.75, 3.05) is 25.4 Å². The highest BCUT2D eigenvalue weighted by atomic mass is 32.2. The van der Waals surface area contributed by atoms with Crippen LogP contribution < -0.4 is 5.73 Å². The molecule has 6 nitrogen and oxygen atoms in total. The predicted octanol–water partition coefficient (Wildman–Crippen LogP) is 5.35. The van der Waals surface area contributed by atoms with Gasteiger partial charge in [0, 0.05) is 42.5 Å². The number of nitrogens with one attached hydrogen (secondary N) is 1. The van der Waals surface area contributed by atoms with Gasteiger partial charge in [-0.05, 0) is 72.5 Å². The molecule has 2 aliphatic rings. The summed E-state index contributed by atoms with van der Waals surface area (Å²) < 4.78 is 0. The highest BCUT2D eigenvalue weighted by Crippen LogP contribution is 2.34. The number of amides is 2. The third-order valence-electron chi connectivity index (χ3n) is 8.66. The van der Waals surface area contributed by atoms with E-state index >= 15 is 0 Å². The van der Waals surface area contributed by atoms with Gasteiger partial charge in [-0.1, -0.05) is 60.7 Å². The molecule has 3 atom stereocenters.